The van der Waals surface area contributed by atoms with Crippen molar-refractivity contribution in [3.63, 3.8) is 0 Å². The molecule has 0 saturated carbocycles. The smallest absolute Gasteiger partial charge is 0.261 e. The van der Waals surface area contributed by atoms with Gasteiger partial charge in [-0.1, -0.05) is 28.1 Å². The fourth-order valence-electron chi connectivity index (χ4n) is 2.54. The molecule has 2 aromatic rings. The molecule has 0 unspecified atom stereocenters. The molecule has 0 atom stereocenters. The lowest BCUT2D eigenvalue weighted by molar-refractivity contribution is 0.0601. The SMILES string of the molecule is O=C1c2cccc3c(Br)ccc(c23)C(=O)N1CCCO. The second-order valence-electron chi connectivity index (χ2n) is 4.66. The Kier molecular flexibility index (Phi) is 3.31. The van der Waals surface area contributed by atoms with E-state index in [0.717, 1.165) is 9.86 Å². The van der Waals surface area contributed by atoms with Gasteiger partial charge in [-0.2, -0.15) is 0 Å². The number of aliphatic hydroxyl groups excluding tert-OH is 1. The average Bonchev–Trinajstić information content (AvgIpc) is 2.46. The van der Waals surface area contributed by atoms with E-state index in [1.165, 1.54) is 4.90 Å². The Morgan fingerprint density at radius 3 is 2.45 bits per heavy atom. The summed E-state index contributed by atoms with van der Waals surface area (Å²) in [4.78, 5) is 26.1. The maximum absolute atomic E-state index is 12.4. The molecule has 20 heavy (non-hydrogen) atoms. The monoisotopic (exact) mass is 333 g/mol. The number of imide groups is 1. The predicted molar refractivity (Wildman–Crippen MR) is 78.7 cm³/mol. The van der Waals surface area contributed by atoms with Crippen LogP contribution in [0, 0.1) is 0 Å². The predicted octanol–water partition coefficient (Wildman–Crippen LogP) is 2.58. The lowest BCUT2D eigenvalue weighted by Crippen LogP contribution is -2.41. The van der Waals surface area contributed by atoms with Gasteiger partial charge in [0.1, 0.15) is 0 Å². The number of nitrogens with zero attached hydrogens (tertiary/aromatic N) is 1. The standard InChI is InChI=1S/C15H12BrNO3/c16-12-6-5-11-13-9(12)3-1-4-10(13)14(19)17(15(11)20)7-2-8-18/h1,3-6,18H,2,7-8H2. The zero-order valence-electron chi connectivity index (χ0n) is 10.6. The number of hydrogen-bond acceptors (Lipinski definition) is 3. The third-order valence-electron chi connectivity index (χ3n) is 3.48. The van der Waals surface area contributed by atoms with Gasteiger partial charge in [-0.25, -0.2) is 0 Å². The van der Waals surface area contributed by atoms with E-state index in [1.54, 1.807) is 12.1 Å². The first-order valence-electron chi connectivity index (χ1n) is 6.33. The van der Waals surface area contributed by atoms with E-state index in [1.807, 2.05) is 18.2 Å². The summed E-state index contributed by atoms with van der Waals surface area (Å²) in [6, 6.07) is 8.98. The van der Waals surface area contributed by atoms with E-state index in [0.29, 0.717) is 22.9 Å². The lowest BCUT2D eigenvalue weighted by atomic mass is 9.94. The van der Waals surface area contributed by atoms with Crippen molar-refractivity contribution in [2.75, 3.05) is 13.2 Å². The third kappa shape index (κ3) is 1.85. The molecule has 2 amide bonds. The summed E-state index contributed by atoms with van der Waals surface area (Å²) in [5.74, 6) is -0.584. The molecule has 1 aliphatic heterocycles. The highest BCUT2D eigenvalue weighted by Gasteiger charge is 2.32. The van der Waals surface area contributed by atoms with Gasteiger partial charge in [0.25, 0.3) is 11.8 Å². The van der Waals surface area contributed by atoms with Crippen molar-refractivity contribution in [2.24, 2.45) is 0 Å². The molecule has 1 N–H and O–H groups in total. The topological polar surface area (TPSA) is 57.6 Å². The normalized spacial score (nSPS) is 14.2. The minimum atomic E-state index is -0.292. The molecule has 0 radical (unpaired) electrons. The number of carbonyl (C=O) groups excluding carboxylic acids is 2. The van der Waals surface area contributed by atoms with Crippen molar-refractivity contribution in [3.8, 4) is 0 Å². The summed E-state index contributed by atoms with van der Waals surface area (Å²) in [6.45, 7) is 0.189. The summed E-state index contributed by atoms with van der Waals surface area (Å²) in [6.07, 6.45) is 0.388. The van der Waals surface area contributed by atoms with Crippen LogP contribution in [0.4, 0.5) is 0 Å². The van der Waals surface area contributed by atoms with Crippen LogP contribution in [0.25, 0.3) is 10.8 Å². The first kappa shape index (κ1) is 13.3. The fraction of sp³-hybridized carbons (Fsp3) is 0.200. The highest BCUT2D eigenvalue weighted by Crippen LogP contribution is 2.34. The number of amides is 2. The molecule has 0 fully saturated rings. The van der Waals surface area contributed by atoms with E-state index >= 15 is 0 Å². The molecular formula is C15H12BrNO3. The number of halogens is 1. The largest absolute Gasteiger partial charge is 0.396 e. The molecule has 3 rings (SSSR count). The van der Waals surface area contributed by atoms with Gasteiger partial charge in [-0.05, 0) is 30.0 Å². The third-order valence-corrected chi connectivity index (χ3v) is 4.17. The van der Waals surface area contributed by atoms with Gasteiger partial charge in [0.15, 0.2) is 0 Å². The van der Waals surface area contributed by atoms with E-state index in [9.17, 15) is 9.59 Å². The first-order chi connectivity index (χ1) is 9.65. The van der Waals surface area contributed by atoms with Crippen LogP contribution in [0.3, 0.4) is 0 Å². The van der Waals surface area contributed by atoms with E-state index in [4.69, 9.17) is 5.11 Å². The maximum Gasteiger partial charge on any atom is 0.261 e. The van der Waals surface area contributed by atoms with Gasteiger partial charge in [0.2, 0.25) is 0 Å². The summed E-state index contributed by atoms with van der Waals surface area (Å²) >= 11 is 3.45. The van der Waals surface area contributed by atoms with Gasteiger partial charge in [-0.3, -0.25) is 14.5 Å². The Labute approximate surface area is 124 Å². The van der Waals surface area contributed by atoms with Crippen LogP contribution in [-0.4, -0.2) is 35.0 Å². The molecule has 0 bridgehead atoms. The number of aliphatic hydroxyl groups is 1. The zero-order valence-corrected chi connectivity index (χ0v) is 12.2. The van der Waals surface area contributed by atoms with Gasteiger partial charge >= 0.3 is 0 Å². The van der Waals surface area contributed by atoms with Crippen LogP contribution in [0.2, 0.25) is 0 Å². The van der Waals surface area contributed by atoms with Crippen molar-refractivity contribution >= 4 is 38.5 Å². The van der Waals surface area contributed by atoms with E-state index in [-0.39, 0.29) is 25.0 Å². The Morgan fingerprint density at radius 1 is 1.05 bits per heavy atom. The summed E-state index contributed by atoms with van der Waals surface area (Å²) in [5, 5.41) is 10.5. The van der Waals surface area contributed by atoms with E-state index < -0.39 is 0 Å². The minimum Gasteiger partial charge on any atom is -0.396 e. The summed E-state index contributed by atoms with van der Waals surface area (Å²) in [7, 11) is 0. The molecule has 5 heteroatoms. The quantitative estimate of drug-likeness (QED) is 0.878. The number of hydrogen-bond donors (Lipinski definition) is 1. The van der Waals surface area contributed by atoms with E-state index in [2.05, 4.69) is 15.9 Å². The second-order valence-corrected chi connectivity index (χ2v) is 5.52. The molecule has 0 spiro atoms. The van der Waals surface area contributed by atoms with Crippen LogP contribution in [0.5, 0.6) is 0 Å². The highest BCUT2D eigenvalue weighted by atomic mass is 79.9. The Balaban J connectivity index is 2.23. The molecule has 0 aromatic heterocycles. The van der Waals surface area contributed by atoms with Crippen LogP contribution in [0.15, 0.2) is 34.8 Å². The number of rotatable bonds is 3. The van der Waals surface area contributed by atoms with Crippen molar-refractivity contribution in [1.29, 1.82) is 0 Å². The van der Waals surface area contributed by atoms with Gasteiger partial charge in [0.05, 0.1) is 0 Å². The average molecular weight is 334 g/mol. The Morgan fingerprint density at radius 2 is 1.75 bits per heavy atom. The van der Waals surface area contributed by atoms with Crippen molar-refractivity contribution in [2.45, 2.75) is 6.42 Å². The molecule has 1 heterocycles. The zero-order chi connectivity index (χ0) is 14.3. The van der Waals surface area contributed by atoms with Crippen molar-refractivity contribution in [3.05, 3.63) is 45.9 Å². The first-order valence-corrected chi connectivity index (χ1v) is 7.12. The van der Waals surface area contributed by atoms with Crippen molar-refractivity contribution < 1.29 is 14.7 Å². The van der Waals surface area contributed by atoms with Crippen LogP contribution in [0.1, 0.15) is 27.1 Å². The molecule has 0 saturated heterocycles. The van der Waals surface area contributed by atoms with Crippen LogP contribution in [-0.2, 0) is 0 Å². The van der Waals surface area contributed by atoms with Gasteiger partial charge < -0.3 is 5.11 Å². The summed E-state index contributed by atoms with van der Waals surface area (Å²) < 4.78 is 0.863. The van der Waals surface area contributed by atoms with Crippen molar-refractivity contribution in [1.82, 2.24) is 4.90 Å². The van der Waals surface area contributed by atoms with Gasteiger partial charge in [-0.15, -0.1) is 0 Å². The highest BCUT2D eigenvalue weighted by molar-refractivity contribution is 9.10. The molecule has 4 nitrogen and oxygen atoms in total. The Hall–Kier alpha value is -1.72. The summed E-state index contributed by atoms with van der Waals surface area (Å²) in [5.41, 5.74) is 1.08. The molecular weight excluding hydrogens is 322 g/mol. The minimum absolute atomic E-state index is 0.0472. The molecule has 0 aliphatic carbocycles. The molecule has 1 aliphatic rings. The maximum atomic E-state index is 12.4. The molecule has 2 aromatic carbocycles. The van der Waals surface area contributed by atoms with Crippen LogP contribution < -0.4 is 0 Å². The van der Waals surface area contributed by atoms with Crippen LogP contribution >= 0.6 is 15.9 Å². The fourth-order valence-corrected chi connectivity index (χ4v) is 3.01. The lowest BCUT2D eigenvalue weighted by Gasteiger charge is -2.27. The number of benzene rings is 2. The number of carbonyl (C=O) groups is 2. The Bertz CT molecular complexity index is 704. The second kappa shape index (κ2) is 5.00. The molecule has 102 valence electrons. The van der Waals surface area contributed by atoms with Gasteiger partial charge in [0, 0.05) is 34.1 Å².